The molecule has 12 heteroatoms. The Morgan fingerprint density at radius 2 is 1.65 bits per heavy atom. The first-order valence-electron chi connectivity index (χ1n) is 15.2. The van der Waals surface area contributed by atoms with Crippen LogP contribution < -0.4 is 10.9 Å². The molecule has 1 amide bonds. The van der Waals surface area contributed by atoms with Crippen LogP contribution in [-0.2, 0) is 29.2 Å². The number of amides is 1. The van der Waals surface area contributed by atoms with Gasteiger partial charge >= 0.3 is 12.1 Å². The first-order chi connectivity index (χ1) is 22.9. The minimum absolute atomic E-state index is 0.0171. The molecular weight excluding hydrogens is 635 g/mol. The summed E-state index contributed by atoms with van der Waals surface area (Å²) in [5.74, 6) is -5.32. The number of nitrogens with zero attached hydrogens (tertiary/aromatic N) is 1. The van der Waals surface area contributed by atoms with Crippen LogP contribution in [0.2, 0.25) is 0 Å². The summed E-state index contributed by atoms with van der Waals surface area (Å²) in [6, 6.07) is 15.1. The van der Waals surface area contributed by atoms with Gasteiger partial charge in [-0.3, -0.25) is 9.59 Å². The predicted molar refractivity (Wildman–Crippen MR) is 169 cm³/mol. The average molecular weight is 665 g/mol. The van der Waals surface area contributed by atoms with E-state index in [1.165, 1.54) is 61.6 Å². The zero-order valence-electron chi connectivity index (χ0n) is 25.5. The van der Waals surface area contributed by atoms with E-state index in [1.54, 1.807) is 6.07 Å². The Morgan fingerprint density at radius 3 is 2.31 bits per heavy atom. The molecule has 48 heavy (non-hydrogen) atoms. The van der Waals surface area contributed by atoms with E-state index in [-0.39, 0.29) is 40.8 Å². The summed E-state index contributed by atoms with van der Waals surface area (Å²) in [4.78, 5) is 38.9. The number of halogens is 5. The summed E-state index contributed by atoms with van der Waals surface area (Å²) in [7, 11) is 1.38. The van der Waals surface area contributed by atoms with Gasteiger partial charge in [0.2, 0.25) is 0 Å². The van der Waals surface area contributed by atoms with Gasteiger partial charge < -0.3 is 19.7 Å². The fraction of sp³-hybridized carbons (Fsp3) is 0.250. The van der Waals surface area contributed by atoms with Crippen molar-refractivity contribution in [3.05, 3.63) is 117 Å². The third-order valence-electron chi connectivity index (χ3n) is 8.82. The number of alkyl halides is 3. The van der Waals surface area contributed by atoms with Crippen molar-refractivity contribution < 1.29 is 41.4 Å². The number of nitrogens with one attached hydrogen (secondary N) is 1. The average Bonchev–Trinajstić information content (AvgIpc) is 3.05. The van der Waals surface area contributed by atoms with Crippen molar-refractivity contribution >= 4 is 33.6 Å². The van der Waals surface area contributed by atoms with Crippen molar-refractivity contribution in [2.24, 2.45) is 7.05 Å². The number of ether oxygens (including phenoxy) is 1. The molecule has 2 N–H and O–H groups in total. The molecule has 1 aliphatic rings. The minimum Gasteiger partial charge on any atom is -0.480 e. The highest BCUT2D eigenvalue weighted by Gasteiger charge is 2.38. The SMILES string of the molecule is Cn1c(=O)c(-c2cccc3c(C[C@H](NC(=O)c4c(F)cc(C5CCCOC5)cc4F)C(=O)O)cccc23)c(C(F)(F)F)c2ccccc21. The van der Waals surface area contributed by atoms with Crippen molar-refractivity contribution in [2.45, 2.75) is 37.4 Å². The molecule has 4 aromatic carbocycles. The maximum atomic E-state index is 15.1. The van der Waals surface area contributed by atoms with Crippen LogP contribution in [0.15, 0.2) is 77.6 Å². The number of pyridine rings is 1. The molecule has 5 aromatic rings. The molecule has 0 radical (unpaired) electrons. The van der Waals surface area contributed by atoms with Crippen LogP contribution in [0.5, 0.6) is 0 Å². The monoisotopic (exact) mass is 664 g/mol. The number of aliphatic carboxylic acids is 1. The number of aryl methyl sites for hydroxylation is 1. The first-order valence-corrected chi connectivity index (χ1v) is 15.2. The van der Waals surface area contributed by atoms with Gasteiger partial charge in [-0.1, -0.05) is 54.6 Å². The number of carbonyl (C=O) groups excluding carboxylic acids is 1. The lowest BCUT2D eigenvalue weighted by molar-refractivity contribution is -0.139. The second-order valence-electron chi connectivity index (χ2n) is 11.8. The smallest absolute Gasteiger partial charge is 0.417 e. The van der Waals surface area contributed by atoms with Crippen LogP contribution in [0.25, 0.3) is 32.8 Å². The van der Waals surface area contributed by atoms with Crippen molar-refractivity contribution in [2.75, 3.05) is 13.2 Å². The molecule has 0 saturated carbocycles. The molecule has 1 fully saturated rings. The second kappa shape index (κ2) is 12.8. The highest BCUT2D eigenvalue weighted by Crippen LogP contribution is 2.42. The largest absolute Gasteiger partial charge is 0.480 e. The Balaban J connectivity index is 1.38. The van der Waals surface area contributed by atoms with E-state index >= 15 is 8.78 Å². The van der Waals surface area contributed by atoms with Gasteiger partial charge in [-0.15, -0.1) is 0 Å². The Morgan fingerprint density at radius 1 is 0.979 bits per heavy atom. The van der Waals surface area contributed by atoms with Crippen LogP contribution in [0.1, 0.15) is 45.8 Å². The summed E-state index contributed by atoms with van der Waals surface area (Å²) in [6.45, 7) is 0.832. The number of carboxylic acids is 1. The number of hydrogen-bond donors (Lipinski definition) is 2. The molecule has 7 nitrogen and oxygen atoms in total. The Hall–Kier alpha value is -5.10. The molecule has 1 saturated heterocycles. The second-order valence-corrected chi connectivity index (χ2v) is 11.8. The lowest BCUT2D eigenvalue weighted by atomic mass is 9.90. The van der Waals surface area contributed by atoms with E-state index in [4.69, 9.17) is 4.74 Å². The first kappa shape index (κ1) is 32.8. The molecule has 0 aliphatic carbocycles. The standard InChI is InChI=1S/C36H29F5N2O5/c1-43-29-13-3-2-9-25(29)32(36(39,40)41)30(34(43)45)24-12-5-10-22-19(7-4-11-23(22)24)17-28(35(46)47)42-33(44)31-26(37)15-21(16-27(31)38)20-8-6-14-48-18-20/h2-5,7,9-13,15-16,20,28H,6,8,14,17-18H2,1H3,(H,42,44)(H,46,47)/t20?,28-/m0/s1. The number of carboxylic acid groups (broad SMARTS) is 1. The number of rotatable bonds is 7. The fourth-order valence-corrected chi connectivity index (χ4v) is 6.51. The van der Waals surface area contributed by atoms with Gasteiger partial charge in [0.25, 0.3) is 11.5 Å². The van der Waals surface area contributed by atoms with Gasteiger partial charge in [0.05, 0.1) is 23.3 Å². The molecule has 2 heterocycles. The molecule has 0 bridgehead atoms. The fourth-order valence-electron chi connectivity index (χ4n) is 6.51. The topological polar surface area (TPSA) is 97.6 Å². The van der Waals surface area contributed by atoms with E-state index < -0.39 is 58.0 Å². The molecule has 248 valence electrons. The van der Waals surface area contributed by atoms with Crippen LogP contribution in [0.4, 0.5) is 22.0 Å². The quantitative estimate of drug-likeness (QED) is 0.183. The van der Waals surface area contributed by atoms with E-state index in [9.17, 15) is 32.7 Å². The van der Waals surface area contributed by atoms with Crippen LogP contribution in [0.3, 0.4) is 0 Å². The third kappa shape index (κ3) is 6.03. The Bertz CT molecular complexity index is 2110. The highest BCUT2D eigenvalue weighted by atomic mass is 19.4. The normalized spacial score (nSPS) is 15.8. The van der Waals surface area contributed by atoms with Crippen LogP contribution in [0, 0.1) is 11.6 Å². The molecule has 2 atom stereocenters. The van der Waals surface area contributed by atoms with Crippen molar-refractivity contribution in [1.82, 2.24) is 9.88 Å². The molecule has 1 unspecified atom stereocenters. The maximum absolute atomic E-state index is 15.1. The van der Waals surface area contributed by atoms with Gasteiger partial charge in [0.1, 0.15) is 23.2 Å². The zero-order valence-corrected chi connectivity index (χ0v) is 25.5. The summed E-state index contributed by atoms with van der Waals surface area (Å²) in [6.07, 6.45) is -3.90. The van der Waals surface area contributed by atoms with Crippen molar-refractivity contribution in [3.63, 3.8) is 0 Å². The predicted octanol–water partition coefficient (Wildman–Crippen LogP) is 6.98. The lowest BCUT2D eigenvalue weighted by Gasteiger charge is -2.23. The summed E-state index contributed by atoms with van der Waals surface area (Å²) in [5.41, 5.74) is -2.75. The number of hydrogen-bond acceptors (Lipinski definition) is 4. The maximum Gasteiger partial charge on any atom is 0.417 e. The van der Waals surface area contributed by atoms with Crippen LogP contribution in [-0.4, -0.2) is 40.8 Å². The van der Waals surface area contributed by atoms with E-state index in [0.29, 0.717) is 36.0 Å². The van der Waals surface area contributed by atoms with Gasteiger partial charge in [0, 0.05) is 31.4 Å². The van der Waals surface area contributed by atoms with Gasteiger partial charge in [-0.25, -0.2) is 13.6 Å². The number of benzene rings is 4. The molecule has 6 rings (SSSR count). The molecule has 0 spiro atoms. The third-order valence-corrected chi connectivity index (χ3v) is 8.82. The number of para-hydroxylation sites is 1. The minimum atomic E-state index is -4.90. The van der Waals surface area contributed by atoms with Crippen LogP contribution >= 0.6 is 0 Å². The summed E-state index contributed by atoms with van der Waals surface area (Å²) in [5, 5.41) is 12.6. The number of aromatic nitrogens is 1. The summed E-state index contributed by atoms with van der Waals surface area (Å²) >= 11 is 0. The van der Waals surface area contributed by atoms with Gasteiger partial charge in [-0.2, -0.15) is 13.2 Å². The summed E-state index contributed by atoms with van der Waals surface area (Å²) < 4.78 is 80.6. The lowest BCUT2D eigenvalue weighted by Crippen LogP contribution is -2.43. The van der Waals surface area contributed by atoms with E-state index in [2.05, 4.69) is 5.32 Å². The molecule has 1 aromatic heterocycles. The number of carbonyl (C=O) groups is 2. The molecule has 1 aliphatic heterocycles. The van der Waals surface area contributed by atoms with E-state index in [1.807, 2.05) is 0 Å². The van der Waals surface area contributed by atoms with E-state index in [0.717, 1.165) is 16.7 Å². The van der Waals surface area contributed by atoms with Crippen molar-refractivity contribution in [1.29, 1.82) is 0 Å². The molecular formula is C36H29F5N2O5. The van der Waals surface area contributed by atoms with Crippen molar-refractivity contribution in [3.8, 4) is 11.1 Å². The Labute approximate surface area is 270 Å². The highest BCUT2D eigenvalue weighted by molar-refractivity contribution is 6.02. The van der Waals surface area contributed by atoms with Gasteiger partial charge in [0.15, 0.2) is 0 Å². The Kier molecular flexibility index (Phi) is 8.78. The zero-order chi connectivity index (χ0) is 34.3. The van der Waals surface area contributed by atoms with Gasteiger partial charge in [-0.05, 0) is 58.5 Å². The number of fused-ring (bicyclic) bond motifs is 2.